The van der Waals surface area contributed by atoms with Crippen LogP contribution in [0.5, 0.6) is 0 Å². The van der Waals surface area contributed by atoms with Crippen LogP contribution in [0.1, 0.15) is 39.0 Å². The SMILES string of the molecule is Cc1ccc(C(=O)C(C)N(C)C(=O)c2ccc(Br)o2)cc1C. The fourth-order valence-electron chi connectivity index (χ4n) is 2.09. The summed E-state index contributed by atoms with van der Waals surface area (Å²) in [6.07, 6.45) is 0. The van der Waals surface area contributed by atoms with E-state index in [0.717, 1.165) is 11.1 Å². The highest BCUT2D eigenvalue weighted by molar-refractivity contribution is 9.10. The van der Waals surface area contributed by atoms with Crippen molar-refractivity contribution in [3.05, 3.63) is 57.5 Å². The van der Waals surface area contributed by atoms with Crippen LogP contribution in [0.2, 0.25) is 0 Å². The molecule has 116 valence electrons. The van der Waals surface area contributed by atoms with Gasteiger partial charge in [-0.15, -0.1) is 0 Å². The monoisotopic (exact) mass is 363 g/mol. The summed E-state index contributed by atoms with van der Waals surface area (Å²) in [4.78, 5) is 26.3. The standard InChI is InChI=1S/C17H18BrNO3/c1-10-5-6-13(9-11(10)2)16(20)12(3)19(4)17(21)14-7-8-15(18)22-14/h5-9,12H,1-4H3. The van der Waals surface area contributed by atoms with Crippen LogP contribution in [0.15, 0.2) is 39.4 Å². The molecular weight excluding hydrogens is 346 g/mol. The van der Waals surface area contributed by atoms with Gasteiger partial charge in [-0.2, -0.15) is 0 Å². The van der Waals surface area contributed by atoms with Crippen LogP contribution in [0, 0.1) is 13.8 Å². The fourth-order valence-corrected chi connectivity index (χ4v) is 2.40. The highest BCUT2D eigenvalue weighted by atomic mass is 79.9. The molecule has 0 fully saturated rings. The van der Waals surface area contributed by atoms with Gasteiger partial charge in [-0.25, -0.2) is 0 Å². The number of halogens is 1. The first-order valence-electron chi connectivity index (χ1n) is 6.95. The molecule has 0 saturated carbocycles. The summed E-state index contributed by atoms with van der Waals surface area (Å²) in [5.41, 5.74) is 2.80. The molecule has 4 nitrogen and oxygen atoms in total. The van der Waals surface area contributed by atoms with E-state index in [1.54, 1.807) is 32.2 Å². The number of carbonyl (C=O) groups excluding carboxylic acids is 2. The van der Waals surface area contributed by atoms with Gasteiger partial charge in [-0.05, 0) is 66.0 Å². The third kappa shape index (κ3) is 3.30. The van der Waals surface area contributed by atoms with E-state index in [9.17, 15) is 9.59 Å². The van der Waals surface area contributed by atoms with E-state index < -0.39 is 6.04 Å². The van der Waals surface area contributed by atoms with Crippen molar-refractivity contribution < 1.29 is 14.0 Å². The van der Waals surface area contributed by atoms with Gasteiger partial charge in [-0.3, -0.25) is 9.59 Å². The maximum atomic E-state index is 12.6. The van der Waals surface area contributed by atoms with Gasteiger partial charge in [0, 0.05) is 12.6 Å². The zero-order valence-electron chi connectivity index (χ0n) is 13.0. The van der Waals surface area contributed by atoms with Crippen LogP contribution < -0.4 is 0 Å². The Morgan fingerprint density at radius 3 is 2.36 bits per heavy atom. The number of amides is 1. The van der Waals surface area contributed by atoms with Crippen molar-refractivity contribution in [3.8, 4) is 0 Å². The van der Waals surface area contributed by atoms with Crippen LogP contribution in [0.4, 0.5) is 0 Å². The lowest BCUT2D eigenvalue weighted by Crippen LogP contribution is -2.40. The smallest absolute Gasteiger partial charge is 0.289 e. The Hall–Kier alpha value is -1.88. The van der Waals surface area contributed by atoms with E-state index in [4.69, 9.17) is 4.42 Å². The van der Waals surface area contributed by atoms with Crippen LogP contribution >= 0.6 is 15.9 Å². The Balaban J connectivity index is 2.18. The van der Waals surface area contributed by atoms with Crippen molar-refractivity contribution in [1.29, 1.82) is 0 Å². The minimum absolute atomic E-state index is 0.0930. The van der Waals surface area contributed by atoms with Crippen molar-refractivity contribution in [1.82, 2.24) is 4.90 Å². The first-order chi connectivity index (χ1) is 10.3. The summed E-state index contributed by atoms with van der Waals surface area (Å²) in [7, 11) is 1.60. The number of aryl methyl sites for hydroxylation is 2. The Kier molecular flexibility index (Phi) is 4.86. The second-order valence-corrected chi connectivity index (χ2v) is 6.14. The molecule has 1 aromatic heterocycles. The molecule has 1 aromatic carbocycles. The van der Waals surface area contributed by atoms with Gasteiger partial charge in [0.05, 0.1) is 6.04 Å². The Morgan fingerprint density at radius 1 is 1.14 bits per heavy atom. The van der Waals surface area contributed by atoms with E-state index >= 15 is 0 Å². The Bertz CT molecular complexity index is 720. The minimum Gasteiger partial charge on any atom is -0.444 e. The molecule has 0 aliphatic rings. The molecule has 0 N–H and O–H groups in total. The Labute approximate surface area is 138 Å². The quantitative estimate of drug-likeness (QED) is 0.771. The maximum Gasteiger partial charge on any atom is 0.289 e. The highest BCUT2D eigenvalue weighted by Gasteiger charge is 2.26. The molecule has 0 radical (unpaired) electrons. The van der Waals surface area contributed by atoms with Crippen molar-refractivity contribution in [2.75, 3.05) is 7.05 Å². The second kappa shape index (κ2) is 6.48. The van der Waals surface area contributed by atoms with E-state index in [0.29, 0.717) is 10.2 Å². The number of rotatable bonds is 4. The molecule has 0 spiro atoms. The van der Waals surface area contributed by atoms with Crippen molar-refractivity contribution in [2.24, 2.45) is 0 Å². The Morgan fingerprint density at radius 2 is 1.82 bits per heavy atom. The number of hydrogen-bond donors (Lipinski definition) is 0. The summed E-state index contributed by atoms with van der Waals surface area (Å²) in [6.45, 7) is 5.68. The highest BCUT2D eigenvalue weighted by Crippen LogP contribution is 2.18. The maximum absolute atomic E-state index is 12.6. The fraction of sp³-hybridized carbons (Fsp3) is 0.294. The molecule has 2 aromatic rings. The number of furan rings is 1. The summed E-state index contributed by atoms with van der Waals surface area (Å²) in [5.74, 6) is -0.214. The lowest BCUT2D eigenvalue weighted by Gasteiger charge is -2.23. The van der Waals surface area contributed by atoms with E-state index in [2.05, 4.69) is 15.9 Å². The summed E-state index contributed by atoms with van der Waals surface area (Å²) >= 11 is 3.16. The molecule has 0 aliphatic carbocycles. The number of ketones is 1. The normalized spacial score (nSPS) is 12.0. The second-order valence-electron chi connectivity index (χ2n) is 5.36. The van der Waals surface area contributed by atoms with E-state index in [1.807, 2.05) is 26.0 Å². The number of likely N-dealkylation sites (N-methyl/N-ethyl adjacent to an activating group) is 1. The summed E-state index contributed by atoms with van der Waals surface area (Å²) in [6, 6.07) is 8.23. The predicted octanol–water partition coefficient (Wildman–Crippen LogP) is 4.00. The number of benzene rings is 1. The van der Waals surface area contributed by atoms with Crippen molar-refractivity contribution in [3.63, 3.8) is 0 Å². The molecular formula is C17H18BrNO3. The minimum atomic E-state index is -0.571. The molecule has 0 saturated heterocycles. The first-order valence-corrected chi connectivity index (χ1v) is 7.74. The average Bonchev–Trinajstić information content (AvgIpc) is 2.93. The number of Topliss-reactive ketones (excluding diaryl/α,β-unsaturated/α-hetero) is 1. The number of hydrogen-bond acceptors (Lipinski definition) is 3. The predicted molar refractivity (Wildman–Crippen MR) is 88.2 cm³/mol. The van der Waals surface area contributed by atoms with Crippen LogP contribution in [-0.2, 0) is 0 Å². The van der Waals surface area contributed by atoms with Crippen molar-refractivity contribution in [2.45, 2.75) is 26.8 Å². The third-order valence-electron chi connectivity index (χ3n) is 3.86. The largest absolute Gasteiger partial charge is 0.444 e. The molecule has 22 heavy (non-hydrogen) atoms. The van der Waals surface area contributed by atoms with Gasteiger partial charge in [0.15, 0.2) is 16.2 Å². The molecule has 2 rings (SSSR count). The topological polar surface area (TPSA) is 50.5 Å². The molecule has 1 atom stereocenters. The molecule has 1 unspecified atom stereocenters. The van der Waals surface area contributed by atoms with E-state index in [-0.39, 0.29) is 17.5 Å². The van der Waals surface area contributed by atoms with Gasteiger partial charge in [0.2, 0.25) is 0 Å². The lowest BCUT2D eigenvalue weighted by molar-refractivity contribution is 0.0650. The van der Waals surface area contributed by atoms with Gasteiger partial charge in [0.1, 0.15) is 0 Å². The van der Waals surface area contributed by atoms with Gasteiger partial charge >= 0.3 is 0 Å². The van der Waals surface area contributed by atoms with E-state index in [1.165, 1.54) is 4.90 Å². The van der Waals surface area contributed by atoms with Gasteiger partial charge < -0.3 is 9.32 Å². The molecule has 0 bridgehead atoms. The molecule has 5 heteroatoms. The van der Waals surface area contributed by atoms with Gasteiger partial charge in [0.25, 0.3) is 5.91 Å². The summed E-state index contributed by atoms with van der Waals surface area (Å²) < 4.78 is 5.73. The van der Waals surface area contributed by atoms with Crippen LogP contribution in [0.25, 0.3) is 0 Å². The molecule has 1 heterocycles. The summed E-state index contributed by atoms with van der Waals surface area (Å²) in [5, 5.41) is 0. The zero-order valence-corrected chi connectivity index (χ0v) is 14.6. The van der Waals surface area contributed by atoms with Crippen molar-refractivity contribution >= 4 is 27.6 Å². The zero-order chi connectivity index (χ0) is 16.4. The number of carbonyl (C=O) groups is 2. The first kappa shape index (κ1) is 16.5. The third-order valence-corrected chi connectivity index (χ3v) is 4.28. The average molecular weight is 364 g/mol. The van der Waals surface area contributed by atoms with Gasteiger partial charge in [-0.1, -0.05) is 12.1 Å². The molecule has 1 amide bonds. The lowest BCUT2D eigenvalue weighted by atomic mass is 10.00. The van der Waals surface area contributed by atoms with Crippen LogP contribution in [0.3, 0.4) is 0 Å². The molecule has 0 aliphatic heterocycles. The number of nitrogens with zero attached hydrogens (tertiary/aromatic N) is 1. The van der Waals surface area contributed by atoms with Crippen LogP contribution in [-0.4, -0.2) is 29.7 Å².